The first-order valence-electron chi connectivity index (χ1n) is 13.3. The van der Waals surface area contributed by atoms with Gasteiger partial charge in [0.15, 0.2) is 0 Å². The Morgan fingerprint density at radius 3 is 1.44 bits per heavy atom. The Morgan fingerprint density at radius 1 is 0.656 bits per heavy atom. The number of carboxylic acids is 1. The third kappa shape index (κ3) is 15.4. The molecule has 2 amide bonds. The summed E-state index contributed by atoms with van der Waals surface area (Å²) in [6.45, 7) is 4.82. The minimum absolute atomic E-state index is 0.244. The molecule has 32 heavy (non-hydrogen) atoms. The van der Waals surface area contributed by atoms with Gasteiger partial charge in [0, 0.05) is 12.8 Å². The molecule has 188 valence electrons. The molecule has 0 aliphatic carbocycles. The highest BCUT2D eigenvalue weighted by Gasteiger charge is 2.33. The molecule has 6 nitrogen and oxygen atoms in total. The number of carbonyl (C=O) groups excluding carboxylic acids is 2. The number of amides is 2. The zero-order valence-electron chi connectivity index (χ0n) is 20.9. The lowest BCUT2D eigenvalue weighted by molar-refractivity contribution is -0.158. The molecule has 1 atom stereocenters. The van der Waals surface area contributed by atoms with Crippen LogP contribution in [-0.4, -0.2) is 40.4 Å². The summed E-state index contributed by atoms with van der Waals surface area (Å²) in [5.74, 6) is -1.75. The number of hydrogen-bond donors (Lipinski definition) is 2. The Morgan fingerprint density at radius 2 is 1.06 bits per heavy atom. The number of aliphatic carboxylic acids is 1. The molecule has 0 saturated heterocycles. The lowest BCUT2D eigenvalue weighted by atomic mass is 10.0. The predicted molar refractivity (Wildman–Crippen MR) is 131 cm³/mol. The third-order valence-electron chi connectivity index (χ3n) is 6.05. The number of carbonyl (C=O) groups is 3. The summed E-state index contributed by atoms with van der Waals surface area (Å²) in [6, 6.07) is -1.07. The molecule has 0 heterocycles. The Labute approximate surface area is 196 Å². The fourth-order valence-corrected chi connectivity index (χ4v) is 4.04. The first-order valence-corrected chi connectivity index (χ1v) is 13.3. The van der Waals surface area contributed by atoms with Crippen LogP contribution in [0, 0.1) is 0 Å². The Kier molecular flexibility index (Phi) is 20.5. The number of carboxylic acid groups (broad SMARTS) is 1. The summed E-state index contributed by atoms with van der Waals surface area (Å²) >= 11 is 0. The first kappa shape index (κ1) is 30.6. The highest BCUT2D eigenvalue weighted by molar-refractivity contribution is 5.99. The van der Waals surface area contributed by atoms with E-state index in [1.165, 1.54) is 38.5 Å². The van der Waals surface area contributed by atoms with E-state index in [1.54, 1.807) is 0 Å². The van der Waals surface area contributed by atoms with Gasteiger partial charge >= 0.3 is 5.97 Å². The topological polar surface area (TPSA) is 101 Å². The van der Waals surface area contributed by atoms with Crippen LogP contribution >= 0.6 is 0 Å². The molecule has 0 aromatic carbocycles. The molecule has 0 bridgehead atoms. The number of unbranched alkanes of at least 4 members (excludes halogenated alkanes) is 13. The fourth-order valence-electron chi connectivity index (χ4n) is 4.04. The molecule has 0 aliphatic rings. The summed E-state index contributed by atoms with van der Waals surface area (Å²) in [5.41, 5.74) is 5.54. The van der Waals surface area contributed by atoms with Gasteiger partial charge < -0.3 is 10.8 Å². The van der Waals surface area contributed by atoms with E-state index in [9.17, 15) is 19.5 Å². The average molecular weight is 455 g/mol. The first-order chi connectivity index (χ1) is 15.5. The number of rotatable bonds is 22. The van der Waals surface area contributed by atoms with Crippen molar-refractivity contribution >= 4 is 17.8 Å². The van der Waals surface area contributed by atoms with Gasteiger partial charge in [0.05, 0.1) is 0 Å². The van der Waals surface area contributed by atoms with Gasteiger partial charge in [-0.1, -0.05) is 90.9 Å². The van der Waals surface area contributed by atoms with Gasteiger partial charge in [-0.25, -0.2) is 4.79 Å². The van der Waals surface area contributed by atoms with Crippen molar-refractivity contribution in [2.24, 2.45) is 5.73 Å². The van der Waals surface area contributed by atoms with Crippen LogP contribution < -0.4 is 5.73 Å². The molecule has 0 aromatic heterocycles. The van der Waals surface area contributed by atoms with Crippen LogP contribution in [0.5, 0.6) is 0 Å². The number of nitrogens with zero attached hydrogens (tertiary/aromatic N) is 1. The summed E-state index contributed by atoms with van der Waals surface area (Å²) in [6.07, 6.45) is 17.3. The second-order valence-electron chi connectivity index (χ2n) is 9.04. The Bertz CT molecular complexity index is 496. The Hall–Kier alpha value is -1.43. The lowest BCUT2D eigenvalue weighted by Gasteiger charge is -2.27. The van der Waals surface area contributed by atoms with Crippen LogP contribution in [0.25, 0.3) is 0 Å². The van der Waals surface area contributed by atoms with E-state index in [1.807, 2.05) is 0 Å². The largest absolute Gasteiger partial charge is 0.480 e. The van der Waals surface area contributed by atoms with E-state index in [4.69, 9.17) is 5.73 Å². The van der Waals surface area contributed by atoms with Gasteiger partial charge in [-0.2, -0.15) is 0 Å². The SMILES string of the molecule is CCCCCCCCCCCC(=O)N(C(=O)CCCCCCC)[C@@H](CCCCN)C(=O)O. The van der Waals surface area contributed by atoms with Gasteiger partial charge in [0.25, 0.3) is 0 Å². The van der Waals surface area contributed by atoms with Crippen molar-refractivity contribution in [2.75, 3.05) is 6.54 Å². The molecule has 0 aliphatic heterocycles. The van der Waals surface area contributed by atoms with E-state index >= 15 is 0 Å². The number of imide groups is 1. The normalized spacial score (nSPS) is 12.0. The monoisotopic (exact) mass is 454 g/mol. The zero-order chi connectivity index (χ0) is 24.0. The highest BCUT2D eigenvalue weighted by atomic mass is 16.4. The van der Waals surface area contributed by atoms with Crippen LogP contribution in [0.15, 0.2) is 0 Å². The smallest absolute Gasteiger partial charge is 0.326 e. The molecular weight excluding hydrogens is 404 g/mol. The minimum atomic E-state index is -1.10. The molecule has 0 saturated carbocycles. The highest BCUT2D eigenvalue weighted by Crippen LogP contribution is 2.17. The van der Waals surface area contributed by atoms with Crippen molar-refractivity contribution in [1.82, 2.24) is 4.90 Å². The van der Waals surface area contributed by atoms with Gasteiger partial charge in [-0.15, -0.1) is 0 Å². The van der Waals surface area contributed by atoms with Crippen molar-refractivity contribution in [3.05, 3.63) is 0 Å². The maximum atomic E-state index is 12.9. The maximum Gasteiger partial charge on any atom is 0.326 e. The minimum Gasteiger partial charge on any atom is -0.480 e. The van der Waals surface area contributed by atoms with Crippen LogP contribution in [0.1, 0.15) is 136 Å². The predicted octanol–water partition coefficient (Wildman–Crippen LogP) is 6.21. The fraction of sp³-hybridized carbons (Fsp3) is 0.885. The van der Waals surface area contributed by atoms with Crippen LogP contribution in [0.3, 0.4) is 0 Å². The van der Waals surface area contributed by atoms with Crippen molar-refractivity contribution < 1.29 is 19.5 Å². The summed E-state index contributed by atoms with van der Waals surface area (Å²) < 4.78 is 0. The van der Waals surface area contributed by atoms with E-state index in [-0.39, 0.29) is 31.1 Å². The van der Waals surface area contributed by atoms with Gasteiger partial charge in [0.2, 0.25) is 11.8 Å². The molecule has 3 N–H and O–H groups in total. The quantitative estimate of drug-likeness (QED) is 0.190. The molecule has 0 aromatic rings. The van der Waals surface area contributed by atoms with E-state index < -0.39 is 12.0 Å². The maximum absolute atomic E-state index is 12.9. The summed E-state index contributed by atoms with van der Waals surface area (Å²) in [4.78, 5) is 38.8. The number of nitrogens with two attached hydrogens (primary N) is 1. The van der Waals surface area contributed by atoms with Gasteiger partial charge in [-0.05, 0) is 38.6 Å². The van der Waals surface area contributed by atoms with Crippen LogP contribution in [0.2, 0.25) is 0 Å². The summed E-state index contributed by atoms with van der Waals surface area (Å²) in [5, 5.41) is 9.74. The second-order valence-corrected chi connectivity index (χ2v) is 9.04. The van der Waals surface area contributed by atoms with Gasteiger partial charge in [-0.3, -0.25) is 14.5 Å². The molecule has 0 spiro atoms. The van der Waals surface area contributed by atoms with Crippen LogP contribution in [-0.2, 0) is 14.4 Å². The van der Waals surface area contributed by atoms with Crippen molar-refractivity contribution in [1.29, 1.82) is 0 Å². The molecule has 0 fully saturated rings. The third-order valence-corrected chi connectivity index (χ3v) is 6.05. The lowest BCUT2D eigenvalue weighted by Crippen LogP contribution is -2.48. The molecule has 0 rings (SSSR count). The van der Waals surface area contributed by atoms with E-state index in [0.717, 1.165) is 43.4 Å². The van der Waals surface area contributed by atoms with E-state index in [0.29, 0.717) is 32.2 Å². The van der Waals surface area contributed by atoms with Crippen molar-refractivity contribution in [2.45, 2.75) is 142 Å². The molecular formula is C26H50N2O4. The molecule has 0 radical (unpaired) electrons. The second kappa shape index (κ2) is 21.4. The van der Waals surface area contributed by atoms with Crippen LogP contribution in [0.4, 0.5) is 0 Å². The average Bonchev–Trinajstić information content (AvgIpc) is 2.77. The summed E-state index contributed by atoms with van der Waals surface area (Å²) in [7, 11) is 0. The standard InChI is InChI=1S/C26H50N2O4/c1-3-5-7-9-10-11-12-14-16-21-25(30)28(23(26(31)32)19-17-18-22-27)24(29)20-15-13-8-6-4-2/h23H,3-22,27H2,1-2H3,(H,31,32)/t23-/m0/s1. The van der Waals surface area contributed by atoms with Crippen molar-refractivity contribution in [3.8, 4) is 0 Å². The van der Waals surface area contributed by atoms with Gasteiger partial charge in [0.1, 0.15) is 6.04 Å². The Balaban J connectivity index is 4.69. The zero-order valence-corrected chi connectivity index (χ0v) is 20.9. The number of hydrogen-bond acceptors (Lipinski definition) is 4. The van der Waals surface area contributed by atoms with E-state index in [2.05, 4.69) is 13.8 Å². The molecule has 0 unspecified atom stereocenters. The van der Waals surface area contributed by atoms with Crippen molar-refractivity contribution in [3.63, 3.8) is 0 Å². The molecule has 6 heteroatoms.